The zero-order valence-corrected chi connectivity index (χ0v) is 13.5. The molecule has 3 aliphatic rings. The summed E-state index contributed by atoms with van der Waals surface area (Å²) in [5.41, 5.74) is 1.32. The summed E-state index contributed by atoms with van der Waals surface area (Å²) in [7, 11) is 0. The minimum Gasteiger partial charge on any atom is -0.508 e. The molecule has 1 aromatic rings. The number of hydrogen-bond acceptors (Lipinski definition) is 3. The van der Waals surface area contributed by atoms with E-state index in [1.807, 2.05) is 12.1 Å². The molecule has 3 heteroatoms. The first kappa shape index (κ1) is 14.5. The van der Waals surface area contributed by atoms with E-state index in [-0.39, 0.29) is 0 Å². The van der Waals surface area contributed by atoms with Crippen molar-refractivity contribution in [1.82, 2.24) is 9.80 Å². The fourth-order valence-corrected chi connectivity index (χ4v) is 4.84. The van der Waals surface area contributed by atoms with Crippen molar-refractivity contribution in [2.24, 2.45) is 5.92 Å². The lowest BCUT2D eigenvalue weighted by Crippen LogP contribution is -2.41. The summed E-state index contributed by atoms with van der Waals surface area (Å²) in [4.78, 5) is 5.39. The molecule has 2 aliphatic heterocycles. The van der Waals surface area contributed by atoms with Gasteiger partial charge in [-0.2, -0.15) is 0 Å². The lowest BCUT2D eigenvalue weighted by atomic mass is 9.89. The molecule has 22 heavy (non-hydrogen) atoms. The molecular formula is C19H28N2O. The molecule has 120 valence electrons. The van der Waals surface area contributed by atoms with E-state index < -0.39 is 0 Å². The molecule has 0 aromatic heterocycles. The van der Waals surface area contributed by atoms with Gasteiger partial charge in [0.2, 0.25) is 0 Å². The molecular weight excluding hydrogens is 272 g/mol. The van der Waals surface area contributed by atoms with Gasteiger partial charge < -0.3 is 10.0 Å². The van der Waals surface area contributed by atoms with Gasteiger partial charge in [-0.3, -0.25) is 4.90 Å². The van der Waals surface area contributed by atoms with Crippen molar-refractivity contribution in [3.63, 3.8) is 0 Å². The Labute approximate surface area is 133 Å². The van der Waals surface area contributed by atoms with Crippen LogP contribution in [0.4, 0.5) is 0 Å². The van der Waals surface area contributed by atoms with Crippen LogP contribution < -0.4 is 0 Å². The summed E-state index contributed by atoms with van der Waals surface area (Å²) >= 11 is 0. The van der Waals surface area contributed by atoms with Crippen molar-refractivity contribution in [2.75, 3.05) is 32.7 Å². The fraction of sp³-hybridized carbons (Fsp3) is 0.684. The molecule has 1 saturated carbocycles. The summed E-state index contributed by atoms with van der Waals surface area (Å²) in [6.07, 6.45) is 6.87. The van der Waals surface area contributed by atoms with Crippen LogP contribution in [0.2, 0.25) is 0 Å². The lowest BCUT2D eigenvalue weighted by Gasteiger charge is -2.34. The summed E-state index contributed by atoms with van der Waals surface area (Å²) in [6.45, 7) is 6.31. The highest BCUT2D eigenvalue weighted by Crippen LogP contribution is 2.37. The predicted molar refractivity (Wildman–Crippen MR) is 89.2 cm³/mol. The number of aromatic hydroxyl groups is 1. The van der Waals surface area contributed by atoms with Crippen molar-refractivity contribution in [3.05, 3.63) is 29.8 Å². The van der Waals surface area contributed by atoms with Gasteiger partial charge in [0.25, 0.3) is 0 Å². The maximum Gasteiger partial charge on any atom is 0.115 e. The van der Waals surface area contributed by atoms with Crippen molar-refractivity contribution >= 4 is 0 Å². The van der Waals surface area contributed by atoms with Crippen LogP contribution in [-0.4, -0.2) is 53.7 Å². The first-order valence-electron chi connectivity index (χ1n) is 9.03. The Hall–Kier alpha value is -1.06. The summed E-state index contributed by atoms with van der Waals surface area (Å²) in [6, 6.07) is 8.76. The zero-order chi connectivity index (χ0) is 14.9. The highest BCUT2D eigenvalue weighted by molar-refractivity contribution is 5.30. The van der Waals surface area contributed by atoms with Crippen LogP contribution >= 0.6 is 0 Å². The maximum atomic E-state index is 9.64. The summed E-state index contributed by atoms with van der Waals surface area (Å²) in [5, 5.41) is 9.64. The lowest BCUT2D eigenvalue weighted by molar-refractivity contribution is 0.152. The van der Waals surface area contributed by atoms with Crippen LogP contribution in [0.15, 0.2) is 24.3 Å². The molecule has 2 bridgehead atoms. The van der Waals surface area contributed by atoms with Gasteiger partial charge in [-0.25, -0.2) is 0 Å². The molecule has 1 aromatic carbocycles. The second-order valence-electron chi connectivity index (χ2n) is 7.54. The van der Waals surface area contributed by atoms with Gasteiger partial charge in [-0.15, -0.1) is 0 Å². The van der Waals surface area contributed by atoms with Crippen LogP contribution in [0.5, 0.6) is 5.75 Å². The van der Waals surface area contributed by atoms with E-state index in [1.165, 1.54) is 70.4 Å². The topological polar surface area (TPSA) is 26.7 Å². The van der Waals surface area contributed by atoms with Crippen LogP contribution in [0.25, 0.3) is 0 Å². The number of hydrogen-bond donors (Lipinski definition) is 1. The van der Waals surface area contributed by atoms with E-state index in [0.717, 1.165) is 12.0 Å². The molecule has 1 N–H and O–H groups in total. The van der Waals surface area contributed by atoms with Gasteiger partial charge in [0, 0.05) is 25.7 Å². The van der Waals surface area contributed by atoms with Crippen molar-refractivity contribution < 1.29 is 5.11 Å². The first-order chi connectivity index (χ1) is 10.8. The van der Waals surface area contributed by atoms with Crippen molar-refractivity contribution in [1.29, 1.82) is 0 Å². The number of fused-ring (bicyclic) bond motifs is 2. The molecule has 0 spiro atoms. The molecule has 2 saturated heterocycles. The molecule has 3 fully saturated rings. The molecule has 0 radical (unpaired) electrons. The van der Waals surface area contributed by atoms with Gasteiger partial charge in [-0.1, -0.05) is 12.1 Å². The Bertz CT molecular complexity index is 510. The Kier molecular flexibility index (Phi) is 4.10. The number of nitrogens with zero attached hydrogens (tertiary/aromatic N) is 2. The van der Waals surface area contributed by atoms with Gasteiger partial charge >= 0.3 is 0 Å². The maximum absolute atomic E-state index is 9.64. The summed E-state index contributed by atoms with van der Waals surface area (Å²) < 4.78 is 0. The highest BCUT2D eigenvalue weighted by Gasteiger charge is 2.37. The quantitative estimate of drug-likeness (QED) is 0.926. The van der Waals surface area contributed by atoms with Crippen LogP contribution in [0.3, 0.4) is 0 Å². The average Bonchev–Trinajstić information content (AvgIpc) is 3.16. The largest absolute Gasteiger partial charge is 0.508 e. The molecule has 2 heterocycles. The van der Waals surface area contributed by atoms with E-state index in [9.17, 15) is 5.11 Å². The average molecular weight is 300 g/mol. The number of benzene rings is 1. The molecule has 1 aliphatic carbocycles. The minimum atomic E-state index is 0.406. The highest BCUT2D eigenvalue weighted by atomic mass is 16.3. The third-order valence-electron chi connectivity index (χ3n) is 6.16. The number of likely N-dealkylation sites (tertiary alicyclic amines) is 2. The normalized spacial score (nSPS) is 30.2. The summed E-state index contributed by atoms with van der Waals surface area (Å²) in [5.74, 6) is 2.05. The molecule has 0 amide bonds. The fourth-order valence-electron chi connectivity index (χ4n) is 4.84. The third-order valence-corrected chi connectivity index (χ3v) is 6.16. The molecule has 2 unspecified atom stereocenters. The van der Waals surface area contributed by atoms with Crippen molar-refractivity contribution in [3.8, 4) is 5.75 Å². The smallest absolute Gasteiger partial charge is 0.115 e. The number of piperidine rings is 2. The first-order valence-corrected chi connectivity index (χ1v) is 9.03. The SMILES string of the molecule is Oc1cccc(C2CCN(CCN3CC4CCC3C4)CC2)c1. The van der Waals surface area contributed by atoms with Gasteiger partial charge in [-0.05, 0) is 74.7 Å². The number of phenols is 1. The van der Waals surface area contributed by atoms with E-state index >= 15 is 0 Å². The molecule has 3 nitrogen and oxygen atoms in total. The predicted octanol–water partition coefficient (Wildman–Crippen LogP) is 3.06. The third kappa shape index (κ3) is 3.02. The monoisotopic (exact) mass is 300 g/mol. The van der Waals surface area contributed by atoms with E-state index in [1.54, 1.807) is 6.07 Å². The van der Waals surface area contributed by atoms with E-state index in [0.29, 0.717) is 11.7 Å². The Morgan fingerprint density at radius 3 is 2.59 bits per heavy atom. The minimum absolute atomic E-state index is 0.406. The van der Waals surface area contributed by atoms with Gasteiger partial charge in [0.05, 0.1) is 0 Å². The van der Waals surface area contributed by atoms with Crippen LogP contribution in [0, 0.1) is 5.92 Å². The Morgan fingerprint density at radius 1 is 1.05 bits per heavy atom. The van der Waals surface area contributed by atoms with E-state index in [2.05, 4.69) is 15.9 Å². The number of phenolic OH excluding ortho intramolecular Hbond substituents is 1. The zero-order valence-electron chi connectivity index (χ0n) is 13.5. The number of rotatable bonds is 4. The van der Waals surface area contributed by atoms with Crippen LogP contribution in [-0.2, 0) is 0 Å². The van der Waals surface area contributed by atoms with Crippen molar-refractivity contribution in [2.45, 2.75) is 44.1 Å². The Balaban J connectivity index is 1.24. The molecule has 4 rings (SSSR count). The second kappa shape index (κ2) is 6.21. The standard InChI is InChI=1S/C19H28N2O/c22-19-3-1-2-17(13-19)16-6-8-20(9-7-16)10-11-21-14-15-4-5-18(21)12-15/h1-3,13,15-16,18,22H,4-12,14H2. The molecule has 2 atom stereocenters. The van der Waals surface area contributed by atoms with Gasteiger partial charge in [0.15, 0.2) is 0 Å². The Morgan fingerprint density at radius 2 is 1.91 bits per heavy atom. The van der Waals surface area contributed by atoms with E-state index in [4.69, 9.17) is 0 Å². The van der Waals surface area contributed by atoms with Crippen LogP contribution in [0.1, 0.15) is 43.6 Å². The van der Waals surface area contributed by atoms with Gasteiger partial charge in [0.1, 0.15) is 5.75 Å². The second-order valence-corrected chi connectivity index (χ2v) is 7.54.